The molecule has 0 aliphatic carbocycles. The summed E-state index contributed by atoms with van der Waals surface area (Å²) >= 11 is 7.06. The largest absolute Gasteiger partial charge is 0.280 e. The lowest BCUT2D eigenvalue weighted by Gasteiger charge is -2.04. The number of nitrogens with zero attached hydrogens (tertiary/aromatic N) is 1. The Kier molecular flexibility index (Phi) is 6.37. The molecule has 0 heterocycles. The van der Waals surface area contributed by atoms with Crippen molar-refractivity contribution < 1.29 is 0 Å². The molecule has 0 spiro atoms. The van der Waals surface area contributed by atoms with Crippen molar-refractivity contribution in [2.75, 3.05) is 0 Å². The lowest BCUT2D eigenvalue weighted by atomic mass is 10.1. The molecule has 0 N–H and O–H groups in total. The van der Waals surface area contributed by atoms with Gasteiger partial charge in [0.25, 0.3) is 0 Å². The van der Waals surface area contributed by atoms with Crippen molar-refractivity contribution in [2.45, 2.75) is 6.54 Å². The van der Waals surface area contributed by atoms with Gasteiger partial charge in [-0.05, 0) is 41.0 Å². The van der Waals surface area contributed by atoms with E-state index in [9.17, 15) is 0 Å². The smallest absolute Gasteiger partial charge is 0.0650 e. The Bertz CT molecular complexity index is 864. The van der Waals surface area contributed by atoms with E-state index in [1.807, 2.05) is 42.5 Å². The van der Waals surface area contributed by atoms with E-state index in [0.29, 0.717) is 6.54 Å². The molecule has 0 amide bonds. The Morgan fingerprint density at radius 3 is 2.04 bits per heavy atom. The van der Waals surface area contributed by atoms with E-state index in [1.165, 1.54) is 5.56 Å². The number of rotatable bonds is 5. The Morgan fingerprint density at radius 2 is 1.40 bits per heavy atom. The summed E-state index contributed by atoms with van der Waals surface area (Å²) in [6, 6.07) is 26.8. The van der Waals surface area contributed by atoms with Gasteiger partial charge in [0.05, 0.1) is 12.3 Å². The van der Waals surface area contributed by atoms with E-state index in [-0.39, 0.29) is 0 Å². The van der Waals surface area contributed by atoms with Gasteiger partial charge in [-0.15, -0.1) is 0 Å². The van der Waals surface area contributed by atoms with E-state index >= 15 is 0 Å². The molecular weight excluding hydrogens is 438 g/mol. The second-order valence-electron chi connectivity index (χ2n) is 5.59. The Hall–Kier alpha value is -1.97. The van der Waals surface area contributed by atoms with Crippen molar-refractivity contribution in [3.8, 4) is 0 Å². The van der Waals surface area contributed by atoms with Crippen LogP contribution in [0, 0.1) is 0 Å². The molecule has 3 rings (SSSR count). The van der Waals surface area contributed by atoms with E-state index < -0.39 is 0 Å². The van der Waals surface area contributed by atoms with Crippen LogP contribution in [0.5, 0.6) is 0 Å². The van der Waals surface area contributed by atoms with Crippen LogP contribution in [-0.4, -0.2) is 5.71 Å². The zero-order valence-electron chi connectivity index (χ0n) is 13.6. The van der Waals surface area contributed by atoms with Crippen molar-refractivity contribution in [2.24, 2.45) is 4.99 Å². The summed E-state index contributed by atoms with van der Waals surface area (Å²) in [6.07, 6.45) is 4.17. The number of halogens is 2. The van der Waals surface area contributed by atoms with Crippen molar-refractivity contribution in [1.29, 1.82) is 0 Å². The molecule has 0 atom stereocenters. The first-order valence-corrected chi connectivity index (χ1v) is 9.57. The van der Waals surface area contributed by atoms with Crippen LogP contribution in [0.4, 0.5) is 0 Å². The van der Waals surface area contributed by atoms with E-state index in [2.05, 4.69) is 80.4 Å². The lowest BCUT2D eigenvalue weighted by molar-refractivity contribution is 1.07. The number of aliphatic imine (C=N–C) groups is 1. The molecule has 0 fully saturated rings. The topological polar surface area (TPSA) is 12.4 Å². The fourth-order valence-electron chi connectivity index (χ4n) is 2.46. The summed E-state index contributed by atoms with van der Waals surface area (Å²) in [7, 11) is 0. The van der Waals surface area contributed by atoms with E-state index in [1.54, 1.807) is 0 Å². The molecule has 0 aromatic heterocycles. The molecule has 3 heteroatoms. The molecule has 0 aliphatic heterocycles. The summed E-state index contributed by atoms with van der Waals surface area (Å²) in [5.74, 6) is 0. The zero-order chi connectivity index (χ0) is 17.5. The molecule has 0 radical (unpaired) electrons. The fraction of sp³-hybridized carbons (Fsp3) is 0.0455. The molecule has 25 heavy (non-hydrogen) atoms. The number of allylic oxidation sites excluding steroid dienone is 1. The fourth-order valence-corrected chi connectivity index (χ4v) is 3.78. The monoisotopic (exact) mass is 453 g/mol. The zero-order valence-corrected chi connectivity index (χ0v) is 16.7. The van der Waals surface area contributed by atoms with Crippen LogP contribution < -0.4 is 0 Å². The molecule has 0 saturated heterocycles. The standard InChI is InChI=1S/C22H17Br2N/c23-20-13-18(14-21(24)15-20)11-12-22(19-9-5-2-6-10-19)25-16-17-7-3-1-4-8-17/h1-15H,16H2/b12-11+,25-22+. The number of hydrogen-bond donors (Lipinski definition) is 0. The van der Waals surface area contributed by atoms with Crippen LogP contribution in [-0.2, 0) is 6.54 Å². The van der Waals surface area contributed by atoms with Crippen molar-refractivity contribution >= 4 is 43.6 Å². The van der Waals surface area contributed by atoms with Gasteiger partial charge in [0.2, 0.25) is 0 Å². The van der Waals surface area contributed by atoms with Gasteiger partial charge in [0.15, 0.2) is 0 Å². The summed E-state index contributed by atoms with van der Waals surface area (Å²) in [5.41, 5.74) is 4.41. The van der Waals surface area contributed by atoms with Crippen LogP contribution >= 0.6 is 31.9 Å². The molecule has 3 aromatic carbocycles. The summed E-state index contributed by atoms with van der Waals surface area (Å²) in [6.45, 7) is 0.664. The minimum atomic E-state index is 0.664. The van der Waals surface area contributed by atoms with Gasteiger partial charge in [0, 0.05) is 8.95 Å². The van der Waals surface area contributed by atoms with Gasteiger partial charge in [-0.1, -0.05) is 98.6 Å². The molecule has 0 aliphatic rings. The van der Waals surface area contributed by atoms with Gasteiger partial charge in [-0.2, -0.15) is 0 Å². The van der Waals surface area contributed by atoms with Crippen molar-refractivity contribution in [3.63, 3.8) is 0 Å². The average Bonchev–Trinajstić information content (AvgIpc) is 2.62. The molecule has 1 nitrogen and oxygen atoms in total. The first-order chi connectivity index (χ1) is 12.2. The maximum Gasteiger partial charge on any atom is 0.0650 e. The highest BCUT2D eigenvalue weighted by Crippen LogP contribution is 2.21. The third-order valence-corrected chi connectivity index (χ3v) is 4.58. The van der Waals surface area contributed by atoms with Gasteiger partial charge in [-0.3, -0.25) is 4.99 Å². The van der Waals surface area contributed by atoms with E-state index in [0.717, 1.165) is 25.8 Å². The molecule has 0 saturated carbocycles. The summed E-state index contributed by atoms with van der Waals surface area (Å²) < 4.78 is 2.09. The quantitative estimate of drug-likeness (QED) is 0.371. The first kappa shape index (κ1) is 17.8. The van der Waals surface area contributed by atoms with Crippen molar-refractivity contribution in [1.82, 2.24) is 0 Å². The molecule has 3 aromatic rings. The third-order valence-electron chi connectivity index (χ3n) is 3.66. The van der Waals surface area contributed by atoms with Gasteiger partial charge in [-0.25, -0.2) is 0 Å². The molecular formula is C22H17Br2N. The maximum absolute atomic E-state index is 4.83. The van der Waals surface area contributed by atoms with Gasteiger partial charge >= 0.3 is 0 Å². The molecule has 124 valence electrons. The maximum atomic E-state index is 4.83. The highest BCUT2D eigenvalue weighted by molar-refractivity contribution is 9.11. The van der Waals surface area contributed by atoms with Crippen LogP contribution in [0.1, 0.15) is 16.7 Å². The highest BCUT2D eigenvalue weighted by atomic mass is 79.9. The van der Waals surface area contributed by atoms with Crippen molar-refractivity contribution in [3.05, 3.63) is 111 Å². The second kappa shape index (κ2) is 8.93. The molecule has 0 unspecified atom stereocenters. The lowest BCUT2D eigenvalue weighted by Crippen LogP contribution is -1.97. The molecule has 0 bridgehead atoms. The minimum absolute atomic E-state index is 0.664. The van der Waals surface area contributed by atoms with Gasteiger partial charge < -0.3 is 0 Å². The third kappa shape index (κ3) is 5.52. The van der Waals surface area contributed by atoms with E-state index in [4.69, 9.17) is 4.99 Å². The van der Waals surface area contributed by atoms with Crippen LogP contribution in [0.2, 0.25) is 0 Å². The first-order valence-electron chi connectivity index (χ1n) is 7.99. The Labute approximate surface area is 165 Å². The Morgan fingerprint density at radius 1 is 0.800 bits per heavy atom. The second-order valence-corrected chi connectivity index (χ2v) is 7.42. The van der Waals surface area contributed by atoms with Crippen LogP contribution in [0.15, 0.2) is 98.9 Å². The summed E-state index contributed by atoms with van der Waals surface area (Å²) in [4.78, 5) is 4.83. The highest BCUT2D eigenvalue weighted by Gasteiger charge is 2.00. The average molecular weight is 455 g/mol. The number of hydrogen-bond acceptors (Lipinski definition) is 1. The predicted octanol–water partition coefficient (Wildman–Crippen LogP) is 6.91. The Balaban J connectivity index is 1.90. The SMILES string of the molecule is Brc1cc(Br)cc(/C=C/C(=N\Cc2ccccc2)c2ccccc2)c1. The predicted molar refractivity (Wildman–Crippen MR) is 114 cm³/mol. The van der Waals surface area contributed by atoms with Gasteiger partial charge in [0.1, 0.15) is 0 Å². The summed E-state index contributed by atoms with van der Waals surface area (Å²) in [5, 5.41) is 0. The normalized spacial score (nSPS) is 11.8. The number of benzene rings is 3. The van der Waals surface area contributed by atoms with Crippen LogP contribution in [0.3, 0.4) is 0 Å². The minimum Gasteiger partial charge on any atom is -0.280 e. The van der Waals surface area contributed by atoms with Crippen LogP contribution in [0.25, 0.3) is 6.08 Å².